The van der Waals surface area contributed by atoms with Crippen molar-refractivity contribution >= 4 is 20.5 Å². The minimum Gasteiger partial charge on any atom is 0 e. The second kappa shape index (κ2) is 5.57. The van der Waals surface area contributed by atoms with Crippen LogP contribution in [0.5, 0.6) is 0 Å². The molecule has 6 nitrogen and oxygen atoms in total. The van der Waals surface area contributed by atoms with Gasteiger partial charge >= 0.3 is 93.1 Å². The Hall–Kier alpha value is 0.0183. The Bertz CT molecular complexity index is 464. The van der Waals surface area contributed by atoms with E-state index in [9.17, 15) is 14.7 Å². The maximum Gasteiger partial charge on any atom is 0 e. The summed E-state index contributed by atoms with van der Waals surface area (Å²) in [7, 11) is 0. The molecule has 2 rings (SSSR count). The fraction of sp³-hybridized carbons (Fsp3) is 0.375. The number of rotatable bonds is 1. The summed E-state index contributed by atoms with van der Waals surface area (Å²) in [5, 5.41) is 9.44. The second-order valence-corrected chi connectivity index (χ2v) is 7.20. The number of aromatic nitrogens is 2. The van der Waals surface area contributed by atoms with Gasteiger partial charge in [0.1, 0.15) is 0 Å². The van der Waals surface area contributed by atoms with Crippen LogP contribution < -0.4 is 11.2 Å². The quantitative estimate of drug-likeness (QED) is 0.273. The van der Waals surface area contributed by atoms with E-state index in [1.807, 2.05) is 0 Å². The first kappa shape index (κ1) is 14.1. The molecule has 2 heterocycles. The van der Waals surface area contributed by atoms with E-state index < -0.39 is 44.0 Å². The van der Waals surface area contributed by atoms with Crippen molar-refractivity contribution in [2.75, 3.05) is 4.43 Å². The van der Waals surface area contributed by atoms with E-state index in [-0.39, 0.29) is 21.1 Å². The first-order valence-electron chi connectivity index (χ1n) is 4.25. The van der Waals surface area contributed by atoms with Crippen LogP contribution in [-0.4, -0.2) is 29.5 Å². The number of aromatic amines is 1. The van der Waals surface area contributed by atoms with Gasteiger partial charge in [-0.25, -0.2) is 0 Å². The molecule has 1 fully saturated rings. The molecule has 1 aromatic heterocycles. The largest absolute Gasteiger partial charge is 0 e. The molecule has 0 spiro atoms. The third-order valence-electron chi connectivity index (χ3n) is 1.92. The zero-order chi connectivity index (χ0) is 11.0. The summed E-state index contributed by atoms with van der Waals surface area (Å²) in [6.07, 6.45) is 0.319. The fourth-order valence-electron chi connectivity index (χ4n) is 1.13. The molecule has 1 aliphatic heterocycles. The van der Waals surface area contributed by atoms with Crippen LogP contribution in [0, 0.1) is 6.92 Å². The van der Waals surface area contributed by atoms with Gasteiger partial charge in [0.2, 0.25) is 0 Å². The average Bonchev–Trinajstić information content (AvgIpc) is 2.46. The van der Waals surface area contributed by atoms with Gasteiger partial charge in [0.25, 0.3) is 0 Å². The van der Waals surface area contributed by atoms with Gasteiger partial charge in [-0.1, -0.05) is 0 Å². The van der Waals surface area contributed by atoms with Crippen LogP contribution in [0.1, 0.15) is 0 Å². The number of aliphatic hydroxyl groups is 1. The van der Waals surface area contributed by atoms with E-state index in [0.29, 0.717) is 4.43 Å². The first-order chi connectivity index (χ1) is 7.08. The van der Waals surface area contributed by atoms with E-state index in [1.54, 1.807) is 0 Å². The molecule has 0 saturated carbocycles. The van der Waals surface area contributed by atoms with Gasteiger partial charge in [0.05, 0.1) is 0 Å². The summed E-state index contributed by atoms with van der Waals surface area (Å²) < 4.78 is 7.25. The number of nitrogens with one attached hydrogen (secondary N) is 1. The van der Waals surface area contributed by atoms with Crippen LogP contribution >= 0.6 is 20.5 Å². The van der Waals surface area contributed by atoms with E-state index in [4.69, 9.17) is 3.07 Å². The van der Waals surface area contributed by atoms with Crippen molar-refractivity contribution in [1.82, 2.24) is 7.76 Å². The van der Waals surface area contributed by atoms with Gasteiger partial charge in [0.15, 0.2) is 0 Å². The summed E-state index contributed by atoms with van der Waals surface area (Å²) in [6, 6.07) is 1.27. The standard InChI is InChI=1S/C8H10IN2O4.Mo/c1-5-6(12)4-9(15-5)11-3-2-7(13)10-8(11)14;/h2-3,5-6,12H,1,4H2,(H,10,13,14);/q-1;. The predicted molar refractivity (Wildman–Crippen MR) is 61.8 cm³/mol. The Balaban J connectivity index is 0.00000128. The van der Waals surface area contributed by atoms with Crippen LogP contribution in [0.3, 0.4) is 0 Å². The van der Waals surface area contributed by atoms with E-state index in [1.165, 1.54) is 15.0 Å². The topological polar surface area (TPSA) is 84.3 Å². The molecule has 2 unspecified atom stereocenters. The Labute approximate surface area is 114 Å². The van der Waals surface area contributed by atoms with Crippen molar-refractivity contribution in [3.63, 3.8) is 0 Å². The van der Waals surface area contributed by atoms with Crippen molar-refractivity contribution in [2.24, 2.45) is 0 Å². The van der Waals surface area contributed by atoms with Gasteiger partial charge in [-0.15, -0.1) is 0 Å². The molecular formula is C8H10IMoN2O4-. The van der Waals surface area contributed by atoms with Crippen LogP contribution in [0.25, 0.3) is 0 Å². The fourth-order valence-corrected chi connectivity index (χ4v) is 5.57. The molecule has 90 valence electrons. The molecule has 0 aliphatic carbocycles. The van der Waals surface area contributed by atoms with Crippen LogP contribution in [0.15, 0.2) is 21.9 Å². The zero-order valence-electron chi connectivity index (χ0n) is 8.13. The molecular weight excluding hydrogens is 411 g/mol. The summed E-state index contributed by atoms with van der Waals surface area (Å²) in [6.45, 7) is 3.62. The smallest absolute Gasteiger partial charge is 0 e. The third-order valence-corrected chi connectivity index (χ3v) is 6.74. The molecule has 1 saturated heterocycles. The molecule has 0 amide bonds. The van der Waals surface area contributed by atoms with Crippen molar-refractivity contribution in [1.29, 1.82) is 0 Å². The van der Waals surface area contributed by atoms with Gasteiger partial charge in [-0.3, -0.25) is 0 Å². The van der Waals surface area contributed by atoms with Gasteiger partial charge in [0, 0.05) is 21.1 Å². The number of hydrogen-bond acceptors (Lipinski definition) is 4. The van der Waals surface area contributed by atoms with Crippen molar-refractivity contribution in [3.8, 4) is 0 Å². The number of aliphatic hydroxyl groups excluding tert-OH is 1. The van der Waals surface area contributed by atoms with Crippen molar-refractivity contribution < 1.29 is 29.2 Å². The summed E-state index contributed by atoms with van der Waals surface area (Å²) in [5.74, 6) is 0. The summed E-state index contributed by atoms with van der Waals surface area (Å²) in [4.78, 5) is 24.4. The Morgan fingerprint density at radius 3 is 2.81 bits per heavy atom. The Morgan fingerprint density at radius 2 is 2.31 bits per heavy atom. The molecule has 1 aromatic rings. The molecule has 0 radical (unpaired) electrons. The van der Waals surface area contributed by atoms with Crippen LogP contribution in [0.4, 0.5) is 0 Å². The molecule has 1 aliphatic rings. The van der Waals surface area contributed by atoms with Gasteiger partial charge in [-0.05, 0) is 0 Å². The SMILES string of the molecule is [CH2-]C1OI(n2ccc(=O)[nH]c2=O)CC1O.[Mo]. The predicted octanol–water partition coefficient (Wildman–Crippen LogP) is -0.688. The van der Waals surface area contributed by atoms with Gasteiger partial charge < -0.3 is 0 Å². The minimum absolute atomic E-state index is 0. The minimum atomic E-state index is -2.18. The van der Waals surface area contributed by atoms with E-state index in [2.05, 4.69) is 11.9 Å². The van der Waals surface area contributed by atoms with Crippen LogP contribution in [-0.2, 0) is 24.1 Å². The van der Waals surface area contributed by atoms with E-state index >= 15 is 0 Å². The number of halogens is 1. The molecule has 8 heteroatoms. The number of H-pyrrole nitrogens is 1. The maximum atomic E-state index is 11.4. The molecule has 0 bridgehead atoms. The summed E-state index contributed by atoms with van der Waals surface area (Å²) in [5.41, 5.74) is -0.910. The number of nitrogens with zero attached hydrogens (tertiary/aromatic N) is 1. The van der Waals surface area contributed by atoms with Crippen molar-refractivity contribution in [2.45, 2.75) is 12.2 Å². The molecule has 2 N–H and O–H groups in total. The number of hydrogen-bond donors (Lipinski definition) is 2. The third kappa shape index (κ3) is 2.82. The average molecular weight is 421 g/mol. The normalized spacial score (nSPS) is 26.5. The summed E-state index contributed by atoms with van der Waals surface area (Å²) >= 11 is -2.18. The van der Waals surface area contributed by atoms with Gasteiger partial charge in [-0.2, -0.15) is 0 Å². The Kier molecular flexibility index (Phi) is 4.90. The molecule has 16 heavy (non-hydrogen) atoms. The monoisotopic (exact) mass is 423 g/mol. The maximum absolute atomic E-state index is 11.4. The number of alkyl halides is 1. The molecule has 0 aromatic carbocycles. The second-order valence-electron chi connectivity index (χ2n) is 3.07. The molecule has 2 atom stereocenters. The van der Waals surface area contributed by atoms with Crippen LogP contribution in [0.2, 0.25) is 0 Å². The zero-order valence-corrected chi connectivity index (χ0v) is 12.3. The Morgan fingerprint density at radius 1 is 1.62 bits per heavy atom. The van der Waals surface area contributed by atoms with E-state index in [0.717, 1.165) is 0 Å². The first-order valence-corrected chi connectivity index (χ1v) is 7.62. The van der Waals surface area contributed by atoms with Crippen molar-refractivity contribution in [3.05, 3.63) is 40.0 Å².